The summed E-state index contributed by atoms with van der Waals surface area (Å²) in [6.07, 6.45) is 0. The molecule has 0 aliphatic heterocycles. The number of ether oxygens (including phenoxy) is 1. The number of rotatable bonds is 6. The second kappa shape index (κ2) is 6.17. The van der Waals surface area contributed by atoms with Crippen LogP contribution in [0.2, 0.25) is 0 Å². The van der Waals surface area contributed by atoms with Crippen molar-refractivity contribution in [2.45, 2.75) is 26.4 Å². The summed E-state index contributed by atoms with van der Waals surface area (Å²) in [4.78, 5) is 11.2. The second-order valence-electron chi connectivity index (χ2n) is 2.57. The van der Waals surface area contributed by atoms with Crippen LogP contribution in [0.5, 0.6) is 0 Å². The molecule has 0 aromatic heterocycles. The molecule has 0 amide bonds. The van der Waals surface area contributed by atoms with Crippen LogP contribution >= 0.6 is 7.60 Å². The summed E-state index contributed by atoms with van der Waals surface area (Å²) in [6, 6.07) is 0. The average Bonchev–Trinajstić information content (AvgIpc) is 2.16. The molecule has 0 N–H and O–H groups in total. The maximum atomic E-state index is 12.0. The first kappa shape index (κ1) is 13.6. The summed E-state index contributed by atoms with van der Waals surface area (Å²) in [5.41, 5.74) is -0.882. The van der Waals surface area contributed by atoms with Crippen LogP contribution in [0.3, 0.4) is 0 Å². The highest BCUT2D eigenvalue weighted by atomic mass is 31.2. The smallest absolute Gasteiger partial charge is 0.344 e. The Balaban J connectivity index is 4.63. The van der Waals surface area contributed by atoms with Crippen molar-refractivity contribution in [3.05, 3.63) is 0 Å². The molecule has 0 saturated heterocycles. The molecule has 0 aromatic carbocycles. The summed E-state index contributed by atoms with van der Waals surface area (Å²) in [5, 5.41) is 0. The van der Waals surface area contributed by atoms with Gasteiger partial charge in [0.1, 0.15) is 0 Å². The molecule has 0 aliphatic rings. The minimum atomic E-state index is -3.36. The summed E-state index contributed by atoms with van der Waals surface area (Å²) in [6.45, 7) is 5.32. The van der Waals surface area contributed by atoms with Crippen molar-refractivity contribution in [1.29, 1.82) is 0 Å². The van der Waals surface area contributed by atoms with Gasteiger partial charge < -0.3 is 13.8 Å². The maximum Gasteiger partial charge on any atom is 0.344 e. The van der Waals surface area contributed by atoms with Crippen LogP contribution in [0.15, 0.2) is 0 Å². The highest BCUT2D eigenvalue weighted by Gasteiger charge is 2.38. The molecule has 0 radical (unpaired) electrons. The fourth-order valence-corrected chi connectivity index (χ4v) is 2.53. The van der Waals surface area contributed by atoms with Crippen molar-refractivity contribution in [3.8, 4) is 0 Å². The van der Waals surface area contributed by atoms with E-state index in [1.54, 1.807) is 13.8 Å². The molecule has 0 spiro atoms. The molecule has 84 valence electrons. The minimum Gasteiger partial charge on any atom is -0.468 e. The van der Waals surface area contributed by atoms with Crippen LogP contribution in [-0.2, 0) is 23.1 Å². The Kier molecular flexibility index (Phi) is 6.00. The van der Waals surface area contributed by atoms with E-state index in [9.17, 15) is 9.36 Å². The van der Waals surface area contributed by atoms with Gasteiger partial charge in [-0.05, 0) is 20.8 Å². The molecule has 5 nitrogen and oxygen atoms in total. The normalized spacial score (nSPS) is 13.7. The zero-order valence-corrected chi connectivity index (χ0v) is 9.87. The van der Waals surface area contributed by atoms with Crippen molar-refractivity contribution >= 4 is 13.6 Å². The highest BCUT2D eigenvalue weighted by Crippen LogP contribution is 2.53. The Hall–Kier alpha value is -0.380. The Morgan fingerprint density at radius 2 is 1.71 bits per heavy atom. The number of carbonyl (C=O) groups excluding carboxylic acids is 1. The molecule has 6 heteroatoms. The van der Waals surface area contributed by atoms with Gasteiger partial charge >= 0.3 is 13.6 Å². The van der Waals surface area contributed by atoms with Crippen LogP contribution in [0.1, 0.15) is 20.8 Å². The Labute approximate surface area is 84.3 Å². The average molecular weight is 224 g/mol. The number of hydrogen-bond acceptors (Lipinski definition) is 5. The van der Waals surface area contributed by atoms with Crippen LogP contribution in [0.4, 0.5) is 0 Å². The zero-order valence-electron chi connectivity index (χ0n) is 8.98. The molecule has 0 saturated carbocycles. The molecular formula is C8H17O5P. The van der Waals surface area contributed by atoms with E-state index >= 15 is 0 Å². The molecule has 0 aliphatic carbocycles. The van der Waals surface area contributed by atoms with E-state index in [1.165, 1.54) is 14.0 Å². The van der Waals surface area contributed by atoms with Crippen molar-refractivity contribution in [2.75, 3.05) is 20.3 Å². The quantitative estimate of drug-likeness (QED) is 0.508. The predicted octanol–water partition coefficient (Wildman–Crippen LogP) is 1.81. The third kappa shape index (κ3) is 3.40. The molecule has 0 bridgehead atoms. The van der Waals surface area contributed by atoms with Gasteiger partial charge in [-0.3, -0.25) is 9.36 Å². The van der Waals surface area contributed by atoms with E-state index in [0.29, 0.717) is 0 Å². The number of esters is 1. The summed E-state index contributed by atoms with van der Waals surface area (Å²) >= 11 is 0. The first-order valence-corrected chi connectivity index (χ1v) is 6.09. The Bertz CT molecular complexity index is 218. The Morgan fingerprint density at radius 3 is 2.00 bits per heavy atom. The molecule has 0 aromatic rings. The van der Waals surface area contributed by atoms with Gasteiger partial charge in [0, 0.05) is 0 Å². The molecule has 0 unspecified atom stereocenters. The third-order valence-corrected chi connectivity index (χ3v) is 4.03. The molecular weight excluding hydrogens is 207 g/mol. The van der Waals surface area contributed by atoms with Crippen LogP contribution in [-0.4, -0.2) is 32.0 Å². The fourth-order valence-electron chi connectivity index (χ4n) is 0.920. The Morgan fingerprint density at radius 1 is 1.29 bits per heavy atom. The topological polar surface area (TPSA) is 61.8 Å². The van der Waals surface area contributed by atoms with Gasteiger partial charge in [-0.2, -0.15) is 0 Å². The molecule has 14 heavy (non-hydrogen) atoms. The second-order valence-corrected chi connectivity index (χ2v) is 4.95. The van der Waals surface area contributed by atoms with E-state index in [0.717, 1.165) is 0 Å². The predicted molar refractivity (Wildman–Crippen MR) is 52.3 cm³/mol. The largest absolute Gasteiger partial charge is 0.468 e. The highest BCUT2D eigenvalue weighted by molar-refractivity contribution is 7.55. The van der Waals surface area contributed by atoms with Crippen LogP contribution < -0.4 is 0 Å². The standard InChI is InChI=1S/C8H17O5P/c1-5-12-14(10,13-6-2)7(3)8(9)11-4/h7H,5-6H2,1-4H3/t7-/m1/s1. The van der Waals surface area contributed by atoms with Gasteiger partial charge in [0.05, 0.1) is 20.3 Å². The van der Waals surface area contributed by atoms with Gasteiger partial charge in [0.25, 0.3) is 0 Å². The van der Waals surface area contributed by atoms with Gasteiger partial charge in [-0.1, -0.05) is 0 Å². The lowest BCUT2D eigenvalue weighted by Gasteiger charge is -2.21. The summed E-state index contributed by atoms with van der Waals surface area (Å²) in [5.74, 6) is -0.588. The van der Waals surface area contributed by atoms with Gasteiger partial charge in [-0.15, -0.1) is 0 Å². The van der Waals surface area contributed by atoms with Gasteiger partial charge in [0.15, 0.2) is 5.66 Å². The monoisotopic (exact) mass is 224 g/mol. The molecule has 0 heterocycles. The van der Waals surface area contributed by atoms with Crippen LogP contribution in [0, 0.1) is 0 Å². The van der Waals surface area contributed by atoms with Crippen molar-refractivity contribution in [2.24, 2.45) is 0 Å². The lowest BCUT2D eigenvalue weighted by molar-refractivity contribution is -0.140. The van der Waals surface area contributed by atoms with Crippen molar-refractivity contribution in [3.63, 3.8) is 0 Å². The number of methoxy groups -OCH3 is 1. The van der Waals surface area contributed by atoms with E-state index in [2.05, 4.69) is 4.74 Å². The van der Waals surface area contributed by atoms with E-state index < -0.39 is 19.2 Å². The van der Waals surface area contributed by atoms with E-state index in [-0.39, 0.29) is 13.2 Å². The molecule has 0 rings (SSSR count). The van der Waals surface area contributed by atoms with Crippen molar-refractivity contribution in [1.82, 2.24) is 0 Å². The molecule has 1 atom stereocenters. The van der Waals surface area contributed by atoms with Crippen molar-refractivity contribution < 1.29 is 23.1 Å². The van der Waals surface area contributed by atoms with Gasteiger partial charge in [-0.25, -0.2) is 0 Å². The number of carbonyl (C=O) groups is 1. The minimum absolute atomic E-state index is 0.235. The SMILES string of the molecule is CCOP(=O)(OCC)[C@H](C)C(=O)OC. The number of hydrogen-bond donors (Lipinski definition) is 0. The fraction of sp³-hybridized carbons (Fsp3) is 0.875. The first-order valence-electron chi connectivity index (χ1n) is 4.48. The first-order chi connectivity index (χ1) is 6.51. The van der Waals surface area contributed by atoms with E-state index in [1.807, 2.05) is 0 Å². The van der Waals surface area contributed by atoms with Crippen LogP contribution in [0.25, 0.3) is 0 Å². The lowest BCUT2D eigenvalue weighted by atomic mass is 10.5. The molecule has 0 fully saturated rings. The zero-order chi connectivity index (χ0) is 11.2. The maximum absolute atomic E-state index is 12.0. The summed E-state index contributed by atoms with van der Waals surface area (Å²) in [7, 11) is -2.12. The third-order valence-electron chi connectivity index (χ3n) is 1.63. The van der Waals surface area contributed by atoms with Gasteiger partial charge in [0.2, 0.25) is 0 Å². The summed E-state index contributed by atoms with van der Waals surface area (Å²) < 4.78 is 26.4. The lowest BCUT2D eigenvalue weighted by Crippen LogP contribution is -2.21. The van der Waals surface area contributed by atoms with E-state index in [4.69, 9.17) is 9.05 Å².